The summed E-state index contributed by atoms with van der Waals surface area (Å²) in [4.78, 5) is 0. The van der Waals surface area contributed by atoms with Crippen molar-refractivity contribution < 1.29 is 8.78 Å². The molecule has 1 N–H and O–H groups in total. The van der Waals surface area contributed by atoms with E-state index in [2.05, 4.69) is 11.9 Å². The Hall–Kier alpha value is -1.12. The molecule has 74 valence electrons. The van der Waals surface area contributed by atoms with Gasteiger partial charge in [0, 0.05) is 7.05 Å². The number of allylic oxidation sites excluding steroid dienone is 4. The van der Waals surface area contributed by atoms with Gasteiger partial charge in [-0.3, -0.25) is 0 Å². The molecule has 0 aliphatic rings. The zero-order chi connectivity index (χ0) is 10.4. The van der Waals surface area contributed by atoms with Crippen molar-refractivity contribution >= 4 is 0 Å². The summed E-state index contributed by atoms with van der Waals surface area (Å²) in [6, 6.07) is 0. The van der Waals surface area contributed by atoms with E-state index >= 15 is 0 Å². The molecule has 0 radical (unpaired) electrons. The van der Waals surface area contributed by atoms with Crippen LogP contribution in [0.3, 0.4) is 0 Å². The third-order valence-electron chi connectivity index (χ3n) is 1.44. The Morgan fingerprint density at radius 2 is 2.00 bits per heavy atom. The van der Waals surface area contributed by atoms with E-state index in [0.717, 1.165) is 0 Å². The van der Waals surface area contributed by atoms with Gasteiger partial charge >= 0.3 is 0 Å². The lowest BCUT2D eigenvalue weighted by molar-refractivity contribution is 0.553. The number of likely N-dealkylation sites (N-methyl/N-ethyl adjacent to an activating group) is 1. The number of hydrogen-bond donors (Lipinski definition) is 1. The molecule has 0 fully saturated rings. The van der Waals surface area contributed by atoms with Crippen LogP contribution in [0.2, 0.25) is 0 Å². The molecule has 0 heterocycles. The molecule has 0 saturated carbocycles. The molecule has 0 rings (SSSR count). The fourth-order valence-corrected chi connectivity index (χ4v) is 0.850. The van der Waals surface area contributed by atoms with Crippen molar-refractivity contribution in [1.82, 2.24) is 5.32 Å². The maximum Gasteiger partial charge on any atom is 0.149 e. The Morgan fingerprint density at radius 3 is 2.31 bits per heavy atom. The van der Waals surface area contributed by atoms with E-state index in [4.69, 9.17) is 0 Å². The topological polar surface area (TPSA) is 12.0 Å². The molecule has 0 bridgehead atoms. The summed E-state index contributed by atoms with van der Waals surface area (Å²) in [6.07, 6.45) is 1.37. The molecule has 0 atom stereocenters. The SMILES string of the molecule is C=C(C)/C=C(F)\C(NC)=C(\F)CC. The Morgan fingerprint density at radius 1 is 1.46 bits per heavy atom. The minimum atomic E-state index is -0.616. The number of hydrogen-bond acceptors (Lipinski definition) is 1. The van der Waals surface area contributed by atoms with E-state index in [1.165, 1.54) is 13.1 Å². The molecular formula is C10H15F2N. The van der Waals surface area contributed by atoms with Gasteiger partial charge in [0.2, 0.25) is 0 Å². The van der Waals surface area contributed by atoms with Crippen molar-refractivity contribution in [3.05, 3.63) is 35.6 Å². The van der Waals surface area contributed by atoms with Crippen LogP contribution in [0.5, 0.6) is 0 Å². The highest BCUT2D eigenvalue weighted by Crippen LogP contribution is 2.17. The van der Waals surface area contributed by atoms with E-state index in [1.54, 1.807) is 13.8 Å². The second kappa shape index (κ2) is 5.51. The summed E-state index contributed by atoms with van der Waals surface area (Å²) in [5.41, 5.74) is 0.458. The molecule has 3 heteroatoms. The van der Waals surface area contributed by atoms with Crippen molar-refractivity contribution in [2.24, 2.45) is 0 Å². The average Bonchev–Trinajstić information content (AvgIpc) is 2.03. The van der Waals surface area contributed by atoms with Crippen molar-refractivity contribution in [2.75, 3.05) is 7.05 Å². The maximum absolute atomic E-state index is 13.2. The molecule has 0 saturated heterocycles. The third kappa shape index (κ3) is 3.87. The molecule has 13 heavy (non-hydrogen) atoms. The van der Waals surface area contributed by atoms with Gasteiger partial charge < -0.3 is 5.32 Å². The molecule has 0 aliphatic carbocycles. The first kappa shape index (κ1) is 11.9. The van der Waals surface area contributed by atoms with Gasteiger partial charge in [0.05, 0.1) is 0 Å². The first-order valence-corrected chi connectivity index (χ1v) is 4.12. The van der Waals surface area contributed by atoms with Crippen LogP contribution < -0.4 is 5.32 Å². The monoisotopic (exact) mass is 187 g/mol. The van der Waals surface area contributed by atoms with Gasteiger partial charge in [-0.2, -0.15) is 0 Å². The van der Waals surface area contributed by atoms with Crippen molar-refractivity contribution in [3.63, 3.8) is 0 Å². The molecular weight excluding hydrogens is 172 g/mol. The quantitative estimate of drug-likeness (QED) is 0.666. The van der Waals surface area contributed by atoms with Crippen molar-refractivity contribution in [1.29, 1.82) is 0 Å². The van der Waals surface area contributed by atoms with E-state index < -0.39 is 11.7 Å². The van der Waals surface area contributed by atoms with E-state index in [0.29, 0.717) is 5.57 Å². The minimum Gasteiger partial charge on any atom is -0.384 e. The van der Waals surface area contributed by atoms with E-state index in [9.17, 15) is 8.78 Å². The summed E-state index contributed by atoms with van der Waals surface area (Å²) in [5.74, 6) is -1.10. The second-order valence-corrected chi connectivity index (χ2v) is 2.72. The predicted octanol–water partition coefficient (Wildman–Crippen LogP) is 3.23. The summed E-state index contributed by atoms with van der Waals surface area (Å²) in [6.45, 7) is 6.78. The third-order valence-corrected chi connectivity index (χ3v) is 1.44. The second-order valence-electron chi connectivity index (χ2n) is 2.72. The van der Waals surface area contributed by atoms with Crippen LogP contribution in [0.15, 0.2) is 35.6 Å². The molecule has 0 unspecified atom stereocenters. The lowest BCUT2D eigenvalue weighted by Crippen LogP contribution is -2.08. The Kier molecular flexibility index (Phi) is 5.04. The number of nitrogens with one attached hydrogen (secondary N) is 1. The molecule has 0 aromatic rings. The van der Waals surface area contributed by atoms with Gasteiger partial charge in [-0.25, -0.2) is 8.78 Å². The van der Waals surface area contributed by atoms with Crippen molar-refractivity contribution in [3.8, 4) is 0 Å². The lowest BCUT2D eigenvalue weighted by atomic mass is 10.2. The molecule has 0 amide bonds. The Labute approximate surface area is 77.8 Å². The molecule has 0 aromatic heterocycles. The normalized spacial score (nSPS) is 13.8. The van der Waals surface area contributed by atoms with Crippen LogP contribution >= 0.6 is 0 Å². The van der Waals surface area contributed by atoms with Crippen LogP contribution in [0.4, 0.5) is 8.78 Å². The highest BCUT2D eigenvalue weighted by Gasteiger charge is 2.08. The lowest BCUT2D eigenvalue weighted by Gasteiger charge is -2.05. The highest BCUT2D eigenvalue weighted by atomic mass is 19.1. The average molecular weight is 187 g/mol. The number of halogens is 2. The molecule has 0 spiro atoms. The largest absolute Gasteiger partial charge is 0.384 e. The van der Waals surface area contributed by atoms with E-state index in [1.807, 2.05) is 0 Å². The van der Waals surface area contributed by atoms with Crippen LogP contribution in [-0.2, 0) is 0 Å². The van der Waals surface area contributed by atoms with Crippen molar-refractivity contribution in [2.45, 2.75) is 20.3 Å². The van der Waals surface area contributed by atoms with E-state index in [-0.39, 0.29) is 12.1 Å². The Balaban J connectivity index is 4.89. The van der Waals surface area contributed by atoms with Crippen LogP contribution in [0.25, 0.3) is 0 Å². The maximum atomic E-state index is 13.2. The van der Waals surface area contributed by atoms with Gasteiger partial charge in [-0.05, 0) is 19.4 Å². The fourth-order valence-electron chi connectivity index (χ4n) is 0.850. The van der Waals surface area contributed by atoms with Gasteiger partial charge in [-0.15, -0.1) is 0 Å². The zero-order valence-corrected chi connectivity index (χ0v) is 8.25. The Bertz CT molecular complexity index is 252. The summed E-state index contributed by atoms with van der Waals surface area (Å²) >= 11 is 0. The standard InChI is InChI=1S/C10H15F2N/c1-5-8(11)10(13-4)9(12)6-7(2)3/h6,13H,2,5H2,1,3-4H3/b9-6+,10-8-. The van der Waals surface area contributed by atoms with Gasteiger partial charge in [0.25, 0.3) is 0 Å². The predicted molar refractivity (Wildman–Crippen MR) is 51.5 cm³/mol. The smallest absolute Gasteiger partial charge is 0.149 e. The molecule has 1 nitrogen and oxygen atoms in total. The van der Waals surface area contributed by atoms with Gasteiger partial charge in [-0.1, -0.05) is 19.1 Å². The number of rotatable bonds is 4. The highest BCUT2D eigenvalue weighted by molar-refractivity contribution is 5.31. The fraction of sp³-hybridized carbons (Fsp3) is 0.400. The van der Waals surface area contributed by atoms with Gasteiger partial charge in [0.1, 0.15) is 17.4 Å². The van der Waals surface area contributed by atoms with Crippen LogP contribution in [0, 0.1) is 0 Å². The molecule has 0 aromatic carbocycles. The summed E-state index contributed by atoms with van der Waals surface area (Å²) in [5, 5.41) is 2.48. The van der Waals surface area contributed by atoms with Crippen LogP contribution in [0.1, 0.15) is 20.3 Å². The van der Waals surface area contributed by atoms with Crippen LogP contribution in [-0.4, -0.2) is 7.05 Å². The molecule has 0 aliphatic heterocycles. The first-order chi connectivity index (χ1) is 6.02. The first-order valence-electron chi connectivity index (χ1n) is 4.12. The minimum absolute atomic E-state index is 0.0921. The summed E-state index contributed by atoms with van der Waals surface area (Å²) in [7, 11) is 1.48. The van der Waals surface area contributed by atoms with Gasteiger partial charge in [0.15, 0.2) is 0 Å². The zero-order valence-electron chi connectivity index (χ0n) is 8.25. The summed E-state index contributed by atoms with van der Waals surface area (Å²) < 4.78 is 26.2.